The summed E-state index contributed by atoms with van der Waals surface area (Å²) in [5, 5.41) is 8.87. The summed E-state index contributed by atoms with van der Waals surface area (Å²) in [5.41, 5.74) is 4.15. The number of ketones is 1. The van der Waals surface area contributed by atoms with Gasteiger partial charge in [0.1, 0.15) is 6.04 Å². The van der Waals surface area contributed by atoms with Gasteiger partial charge in [0.15, 0.2) is 5.78 Å². The van der Waals surface area contributed by atoms with Crippen LogP contribution in [-0.4, -0.2) is 20.5 Å². The van der Waals surface area contributed by atoms with Gasteiger partial charge in [-0.3, -0.25) is 4.79 Å². The fraction of sp³-hybridized carbons (Fsp3) is 0.227. The van der Waals surface area contributed by atoms with Crippen molar-refractivity contribution < 1.29 is 4.79 Å². The Morgan fingerprint density at radius 2 is 1.79 bits per heavy atom. The number of hydrogen-bond donors (Lipinski definition) is 1. The van der Waals surface area contributed by atoms with Gasteiger partial charge in [0, 0.05) is 23.4 Å². The van der Waals surface area contributed by atoms with Crippen LogP contribution in [0.3, 0.4) is 0 Å². The second-order valence-electron chi connectivity index (χ2n) is 7.04. The first kappa shape index (κ1) is 17.3. The number of carbonyl (C=O) groups is 1. The molecule has 0 unspecified atom stereocenters. The molecule has 2 heterocycles. The predicted molar refractivity (Wildman–Crippen MR) is 110 cm³/mol. The van der Waals surface area contributed by atoms with Crippen molar-refractivity contribution in [3.05, 3.63) is 83.1 Å². The predicted octanol–water partition coefficient (Wildman–Crippen LogP) is 4.59. The summed E-state index contributed by atoms with van der Waals surface area (Å²) < 4.78 is 1.88. The van der Waals surface area contributed by atoms with Crippen molar-refractivity contribution in [1.82, 2.24) is 14.8 Å². The molecule has 1 N–H and O–H groups in total. The normalized spacial score (nSPS) is 18.4. The molecule has 0 radical (unpaired) electrons. The van der Waals surface area contributed by atoms with E-state index in [-0.39, 0.29) is 11.8 Å². The molecule has 0 saturated heterocycles. The second kappa shape index (κ2) is 7.28. The lowest BCUT2D eigenvalue weighted by Gasteiger charge is -2.32. The Morgan fingerprint density at radius 1 is 1.04 bits per heavy atom. The first-order valence-electron chi connectivity index (χ1n) is 9.51. The monoisotopic (exact) mass is 388 g/mol. The maximum absolute atomic E-state index is 12.8. The van der Waals surface area contributed by atoms with E-state index in [0.717, 1.165) is 46.5 Å². The summed E-state index contributed by atoms with van der Waals surface area (Å²) in [6, 6.07) is 20.2. The van der Waals surface area contributed by atoms with Gasteiger partial charge in [-0.25, -0.2) is 4.68 Å². The Labute approximate surface area is 167 Å². The highest BCUT2D eigenvalue weighted by molar-refractivity contribution is 7.98. The quantitative estimate of drug-likeness (QED) is 0.662. The molecule has 0 fully saturated rings. The molecule has 6 heteroatoms. The third-order valence-electron chi connectivity index (χ3n) is 5.17. The number of nitrogens with zero attached hydrogens (tertiary/aromatic N) is 3. The van der Waals surface area contributed by atoms with Crippen LogP contribution in [0.25, 0.3) is 0 Å². The molecule has 1 atom stereocenters. The molecule has 0 bridgehead atoms. The van der Waals surface area contributed by atoms with Gasteiger partial charge in [0.25, 0.3) is 0 Å². The minimum atomic E-state index is -0.209. The maximum Gasteiger partial charge on any atom is 0.227 e. The summed E-state index contributed by atoms with van der Waals surface area (Å²) in [6.45, 7) is 0. The Morgan fingerprint density at radius 3 is 2.57 bits per heavy atom. The molecule has 1 aromatic heterocycles. The summed E-state index contributed by atoms with van der Waals surface area (Å²) >= 11 is 1.61. The molecule has 0 amide bonds. The van der Waals surface area contributed by atoms with E-state index in [4.69, 9.17) is 10.1 Å². The van der Waals surface area contributed by atoms with E-state index >= 15 is 0 Å². The van der Waals surface area contributed by atoms with Gasteiger partial charge >= 0.3 is 0 Å². The smallest absolute Gasteiger partial charge is 0.227 e. The maximum atomic E-state index is 12.8. The molecular formula is C22H20N4OS. The van der Waals surface area contributed by atoms with Crippen LogP contribution in [0.5, 0.6) is 0 Å². The number of anilines is 1. The number of Topliss-reactive ketones (excluding diaryl/α,β-unsaturated/α-hetero) is 1. The SMILES string of the molecule is O=C1CCCC2=C1[C@@H](c1ccccc1)n1nc(SCc3ccccc3)nc1N2. The van der Waals surface area contributed by atoms with Gasteiger partial charge in [-0.2, -0.15) is 4.98 Å². The zero-order valence-electron chi connectivity index (χ0n) is 15.3. The van der Waals surface area contributed by atoms with Crippen LogP contribution in [0.15, 0.2) is 77.1 Å². The number of fused-ring (bicyclic) bond motifs is 1. The van der Waals surface area contributed by atoms with Crippen molar-refractivity contribution in [1.29, 1.82) is 0 Å². The zero-order valence-corrected chi connectivity index (χ0v) is 16.2. The van der Waals surface area contributed by atoms with E-state index in [1.165, 1.54) is 5.56 Å². The van der Waals surface area contributed by atoms with Crippen molar-refractivity contribution in [3.63, 3.8) is 0 Å². The van der Waals surface area contributed by atoms with E-state index in [0.29, 0.717) is 6.42 Å². The molecule has 28 heavy (non-hydrogen) atoms. The van der Waals surface area contributed by atoms with Crippen LogP contribution in [0, 0.1) is 0 Å². The standard InChI is InChI=1S/C22H20N4OS/c27-18-13-7-12-17-19(18)20(16-10-5-2-6-11-16)26-21(23-17)24-22(25-26)28-14-15-8-3-1-4-9-15/h1-6,8-11,20H,7,12-14H2,(H,23,24,25)/t20-/m1/s1. The van der Waals surface area contributed by atoms with Gasteiger partial charge in [-0.05, 0) is 24.0 Å². The van der Waals surface area contributed by atoms with Crippen molar-refractivity contribution >= 4 is 23.5 Å². The highest BCUT2D eigenvalue weighted by atomic mass is 32.2. The number of benzene rings is 2. The molecule has 0 saturated carbocycles. The van der Waals surface area contributed by atoms with E-state index in [2.05, 4.69) is 29.6 Å². The van der Waals surface area contributed by atoms with Crippen LogP contribution in [-0.2, 0) is 10.5 Å². The number of aromatic nitrogens is 3. The zero-order chi connectivity index (χ0) is 18.9. The topological polar surface area (TPSA) is 59.8 Å². The van der Waals surface area contributed by atoms with Gasteiger partial charge in [-0.1, -0.05) is 72.4 Å². The third kappa shape index (κ3) is 3.14. The molecule has 5 nitrogen and oxygen atoms in total. The Bertz CT molecular complexity index is 1040. The summed E-state index contributed by atoms with van der Waals surface area (Å²) in [5.74, 6) is 1.74. The number of rotatable bonds is 4. The van der Waals surface area contributed by atoms with Crippen LogP contribution < -0.4 is 5.32 Å². The minimum absolute atomic E-state index is 0.209. The summed E-state index contributed by atoms with van der Waals surface area (Å²) in [4.78, 5) is 17.5. The Balaban J connectivity index is 1.51. The summed E-state index contributed by atoms with van der Waals surface area (Å²) in [6.07, 6.45) is 2.36. The number of thioether (sulfide) groups is 1. The van der Waals surface area contributed by atoms with E-state index in [1.54, 1.807) is 11.8 Å². The lowest BCUT2D eigenvalue weighted by molar-refractivity contribution is -0.116. The van der Waals surface area contributed by atoms with E-state index in [1.807, 2.05) is 41.1 Å². The van der Waals surface area contributed by atoms with Crippen LogP contribution in [0.4, 0.5) is 5.95 Å². The average molecular weight is 388 g/mol. The van der Waals surface area contributed by atoms with Crippen LogP contribution >= 0.6 is 11.8 Å². The number of carbonyl (C=O) groups excluding carboxylic acids is 1. The molecule has 2 aliphatic rings. The van der Waals surface area contributed by atoms with Crippen molar-refractivity contribution in [3.8, 4) is 0 Å². The van der Waals surface area contributed by atoms with Crippen molar-refractivity contribution in [2.75, 3.05) is 5.32 Å². The highest BCUT2D eigenvalue weighted by Crippen LogP contribution is 2.40. The molecule has 3 aromatic rings. The summed E-state index contributed by atoms with van der Waals surface area (Å²) in [7, 11) is 0. The van der Waals surface area contributed by atoms with Crippen LogP contribution in [0.1, 0.15) is 36.4 Å². The lowest BCUT2D eigenvalue weighted by atomic mass is 9.85. The first-order chi connectivity index (χ1) is 13.8. The molecular weight excluding hydrogens is 368 g/mol. The average Bonchev–Trinajstić information content (AvgIpc) is 3.15. The molecule has 1 aliphatic heterocycles. The van der Waals surface area contributed by atoms with Gasteiger partial charge < -0.3 is 5.32 Å². The van der Waals surface area contributed by atoms with E-state index in [9.17, 15) is 4.79 Å². The Hall–Kier alpha value is -2.86. The van der Waals surface area contributed by atoms with Crippen molar-refractivity contribution in [2.24, 2.45) is 0 Å². The minimum Gasteiger partial charge on any atom is -0.328 e. The molecule has 1 aliphatic carbocycles. The number of allylic oxidation sites excluding steroid dienone is 2. The lowest BCUT2D eigenvalue weighted by Crippen LogP contribution is -2.31. The molecule has 2 aromatic carbocycles. The van der Waals surface area contributed by atoms with E-state index < -0.39 is 0 Å². The van der Waals surface area contributed by atoms with Gasteiger partial charge in [-0.15, -0.1) is 5.10 Å². The van der Waals surface area contributed by atoms with Gasteiger partial charge in [0.2, 0.25) is 11.1 Å². The van der Waals surface area contributed by atoms with Crippen LogP contribution in [0.2, 0.25) is 0 Å². The molecule has 140 valence electrons. The number of nitrogens with one attached hydrogen (secondary N) is 1. The molecule has 5 rings (SSSR count). The molecule has 0 spiro atoms. The first-order valence-corrected chi connectivity index (χ1v) is 10.5. The Kier molecular flexibility index (Phi) is 4.49. The van der Waals surface area contributed by atoms with Gasteiger partial charge in [0.05, 0.1) is 0 Å². The second-order valence-corrected chi connectivity index (χ2v) is 7.99. The fourth-order valence-electron chi connectivity index (χ4n) is 3.86. The fourth-order valence-corrected chi connectivity index (χ4v) is 4.65. The van der Waals surface area contributed by atoms with Crippen molar-refractivity contribution in [2.45, 2.75) is 36.2 Å². The third-order valence-corrected chi connectivity index (χ3v) is 6.08. The largest absolute Gasteiger partial charge is 0.328 e. The highest BCUT2D eigenvalue weighted by Gasteiger charge is 2.36. The number of hydrogen-bond acceptors (Lipinski definition) is 5.